The molecular formula is C13H26N2O. The number of hydrogen-bond donors (Lipinski definition) is 1. The Bertz CT molecular complexity index is 227. The van der Waals surface area contributed by atoms with E-state index in [2.05, 4.69) is 33.0 Å². The number of nitrogens with one attached hydrogen (secondary N) is 1. The molecule has 0 radical (unpaired) electrons. The van der Waals surface area contributed by atoms with Gasteiger partial charge in [0.2, 0.25) is 0 Å². The molecule has 0 aromatic carbocycles. The lowest BCUT2D eigenvalue weighted by Gasteiger charge is -2.30. The maximum absolute atomic E-state index is 11.8. The van der Waals surface area contributed by atoms with Gasteiger partial charge in [0.25, 0.3) is 0 Å². The van der Waals surface area contributed by atoms with Crippen LogP contribution in [0.25, 0.3) is 0 Å². The Morgan fingerprint density at radius 3 is 2.31 bits per heavy atom. The Morgan fingerprint density at radius 2 is 1.81 bits per heavy atom. The first-order valence-electron chi connectivity index (χ1n) is 6.44. The Morgan fingerprint density at radius 1 is 1.25 bits per heavy atom. The molecule has 0 bridgehead atoms. The van der Waals surface area contributed by atoms with Gasteiger partial charge in [0.05, 0.1) is 0 Å². The second kappa shape index (κ2) is 5.55. The van der Waals surface area contributed by atoms with Gasteiger partial charge in [0.1, 0.15) is 0 Å². The molecule has 1 unspecified atom stereocenters. The summed E-state index contributed by atoms with van der Waals surface area (Å²) in [5.74, 6) is 0.501. The molecule has 94 valence electrons. The van der Waals surface area contributed by atoms with Gasteiger partial charge in [0, 0.05) is 19.6 Å². The molecule has 1 rings (SSSR count). The van der Waals surface area contributed by atoms with Crippen molar-refractivity contribution in [2.24, 2.45) is 11.3 Å². The van der Waals surface area contributed by atoms with E-state index in [4.69, 9.17) is 0 Å². The first kappa shape index (κ1) is 13.3. The number of hydrogen-bond acceptors (Lipinski definition) is 1. The van der Waals surface area contributed by atoms with Crippen molar-refractivity contribution in [3.05, 3.63) is 0 Å². The lowest BCUT2D eigenvalue weighted by atomic mass is 9.82. The Kier molecular flexibility index (Phi) is 4.63. The van der Waals surface area contributed by atoms with Crippen molar-refractivity contribution in [1.29, 1.82) is 0 Å². The van der Waals surface area contributed by atoms with E-state index in [1.807, 2.05) is 4.90 Å². The fraction of sp³-hybridized carbons (Fsp3) is 0.923. The molecule has 0 aromatic rings. The summed E-state index contributed by atoms with van der Waals surface area (Å²) in [7, 11) is 0. The molecule has 0 aliphatic carbocycles. The van der Waals surface area contributed by atoms with E-state index in [9.17, 15) is 4.79 Å². The standard InChI is InChI=1S/C13H26N2O/c1-11(13(2,3)4)10-14-12(16)15-8-6-5-7-9-15/h11H,5-10H2,1-4H3,(H,14,16). The van der Waals surface area contributed by atoms with Gasteiger partial charge in [-0.2, -0.15) is 0 Å². The van der Waals surface area contributed by atoms with Crippen molar-refractivity contribution in [2.75, 3.05) is 19.6 Å². The van der Waals surface area contributed by atoms with Gasteiger partial charge in [-0.3, -0.25) is 0 Å². The highest BCUT2D eigenvalue weighted by Crippen LogP contribution is 2.24. The van der Waals surface area contributed by atoms with Crippen LogP contribution in [0.15, 0.2) is 0 Å². The summed E-state index contributed by atoms with van der Waals surface area (Å²) < 4.78 is 0. The highest BCUT2D eigenvalue weighted by atomic mass is 16.2. The monoisotopic (exact) mass is 226 g/mol. The first-order valence-corrected chi connectivity index (χ1v) is 6.44. The molecule has 1 heterocycles. The third-order valence-corrected chi connectivity index (χ3v) is 3.68. The number of nitrogens with zero attached hydrogens (tertiary/aromatic N) is 1. The second-order valence-corrected chi connectivity index (χ2v) is 6.00. The molecule has 3 nitrogen and oxygen atoms in total. The van der Waals surface area contributed by atoms with Crippen molar-refractivity contribution in [1.82, 2.24) is 10.2 Å². The molecule has 1 fully saturated rings. The maximum atomic E-state index is 11.8. The number of amides is 2. The molecule has 1 saturated heterocycles. The summed E-state index contributed by atoms with van der Waals surface area (Å²) in [5.41, 5.74) is 0.259. The zero-order valence-corrected chi connectivity index (χ0v) is 11.2. The van der Waals surface area contributed by atoms with E-state index < -0.39 is 0 Å². The number of likely N-dealkylation sites (tertiary alicyclic amines) is 1. The molecular weight excluding hydrogens is 200 g/mol. The van der Waals surface area contributed by atoms with E-state index in [-0.39, 0.29) is 11.4 Å². The van der Waals surface area contributed by atoms with Crippen molar-refractivity contribution < 1.29 is 4.79 Å². The van der Waals surface area contributed by atoms with Crippen LogP contribution in [0.5, 0.6) is 0 Å². The molecule has 0 aromatic heterocycles. The minimum atomic E-state index is 0.121. The van der Waals surface area contributed by atoms with E-state index in [0.29, 0.717) is 5.92 Å². The average Bonchev–Trinajstić information content (AvgIpc) is 2.25. The lowest BCUT2D eigenvalue weighted by Crippen LogP contribution is -2.45. The van der Waals surface area contributed by atoms with Gasteiger partial charge in [-0.05, 0) is 30.6 Å². The highest BCUT2D eigenvalue weighted by Gasteiger charge is 2.22. The molecule has 0 saturated carbocycles. The summed E-state index contributed by atoms with van der Waals surface area (Å²) in [6.07, 6.45) is 3.58. The molecule has 1 aliphatic heterocycles. The fourth-order valence-corrected chi connectivity index (χ4v) is 1.76. The zero-order valence-electron chi connectivity index (χ0n) is 11.2. The van der Waals surface area contributed by atoms with Crippen molar-refractivity contribution in [2.45, 2.75) is 47.0 Å². The quantitative estimate of drug-likeness (QED) is 0.771. The zero-order chi connectivity index (χ0) is 12.2. The summed E-state index contributed by atoms with van der Waals surface area (Å²) >= 11 is 0. The van der Waals surface area contributed by atoms with Gasteiger partial charge in [0.15, 0.2) is 0 Å². The van der Waals surface area contributed by atoms with Crippen LogP contribution < -0.4 is 5.32 Å². The Labute approximate surface area is 99.6 Å². The van der Waals surface area contributed by atoms with E-state index >= 15 is 0 Å². The Balaban J connectivity index is 2.29. The van der Waals surface area contributed by atoms with Gasteiger partial charge in [-0.1, -0.05) is 27.7 Å². The molecule has 0 spiro atoms. The normalized spacial score (nSPS) is 19.4. The molecule has 3 heteroatoms. The molecule has 16 heavy (non-hydrogen) atoms. The molecule has 1 aliphatic rings. The minimum Gasteiger partial charge on any atom is -0.338 e. The fourth-order valence-electron chi connectivity index (χ4n) is 1.76. The summed E-state index contributed by atoms with van der Waals surface area (Å²) in [6, 6.07) is 0.121. The SMILES string of the molecule is CC(CNC(=O)N1CCCCC1)C(C)(C)C. The summed E-state index contributed by atoms with van der Waals surface area (Å²) in [4.78, 5) is 13.8. The van der Waals surface area contributed by atoms with Crippen molar-refractivity contribution >= 4 is 6.03 Å². The van der Waals surface area contributed by atoms with Crippen molar-refractivity contribution in [3.63, 3.8) is 0 Å². The molecule has 2 amide bonds. The third-order valence-electron chi connectivity index (χ3n) is 3.68. The van der Waals surface area contributed by atoms with E-state index in [0.717, 1.165) is 32.5 Å². The number of rotatable bonds is 2. The largest absolute Gasteiger partial charge is 0.338 e. The van der Waals surface area contributed by atoms with Gasteiger partial charge < -0.3 is 10.2 Å². The number of carbonyl (C=O) groups is 1. The lowest BCUT2D eigenvalue weighted by molar-refractivity contribution is 0.179. The maximum Gasteiger partial charge on any atom is 0.317 e. The molecule has 1 N–H and O–H groups in total. The smallest absolute Gasteiger partial charge is 0.317 e. The van der Waals surface area contributed by atoms with E-state index in [1.54, 1.807) is 0 Å². The predicted molar refractivity (Wildman–Crippen MR) is 67.4 cm³/mol. The summed E-state index contributed by atoms with van der Waals surface area (Å²) in [6.45, 7) is 11.5. The van der Waals surface area contributed by atoms with Gasteiger partial charge in [-0.25, -0.2) is 4.79 Å². The average molecular weight is 226 g/mol. The molecule has 1 atom stereocenters. The topological polar surface area (TPSA) is 32.3 Å². The Hall–Kier alpha value is -0.730. The van der Waals surface area contributed by atoms with Crippen LogP contribution in [0.4, 0.5) is 4.79 Å². The van der Waals surface area contributed by atoms with Crippen LogP contribution in [-0.2, 0) is 0 Å². The van der Waals surface area contributed by atoms with Crippen LogP contribution in [-0.4, -0.2) is 30.6 Å². The van der Waals surface area contributed by atoms with Gasteiger partial charge in [-0.15, -0.1) is 0 Å². The van der Waals surface area contributed by atoms with E-state index in [1.165, 1.54) is 6.42 Å². The third kappa shape index (κ3) is 4.03. The van der Waals surface area contributed by atoms with Crippen LogP contribution in [0.3, 0.4) is 0 Å². The minimum absolute atomic E-state index is 0.121. The highest BCUT2D eigenvalue weighted by molar-refractivity contribution is 5.74. The second-order valence-electron chi connectivity index (χ2n) is 6.00. The summed E-state index contributed by atoms with van der Waals surface area (Å²) in [5, 5.41) is 3.05. The number of urea groups is 1. The van der Waals surface area contributed by atoms with Crippen LogP contribution in [0.1, 0.15) is 47.0 Å². The van der Waals surface area contributed by atoms with Gasteiger partial charge >= 0.3 is 6.03 Å². The number of carbonyl (C=O) groups excluding carboxylic acids is 1. The van der Waals surface area contributed by atoms with Crippen LogP contribution >= 0.6 is 0 Å². The number of piperidine rings is 1. The van der Waals surface area contributed by atoms with Crippen molar-refractivity contribution in [3.8, 4) is 0 Å². The van der Waals surface area contributed by atoms with Crippen LogP contribution in [0, 0.1) is 11.3 Å². The van der Waals surface area contributed by atoms with Crippen LogP contribution in [0.2, 0.25) is 0 Å². The predicted octanol–water partition coefficient (Wildman–Crippen LogP) is 2.86. The first-order chi connectivity index (χ1) is 7.41.